The molecule has 1 aliphatic carbocycles. The number of aromatic nitrogens is 2. The molecular formula is C24H20FN5O2. The van der Waals surface area contributed by atoms with Crippen molar-refractivity contribution in [3.05, 3.63) is 82.9 Å². The van der Waals surface area contributed by atoms with Crippen molar-refractivity contribution in [1.29, 1.82) is 5.26 Å². The molecular weight excluding hydrogens is 409 g/mol. The van der Waals surface area contributed by atoms with Crippen LogP contribution in [0.5, 0.6) is 0 Å². The minimum atomic E-state index is -2.82. The zero-order valence-electron chi connectivity index (χ0n) is 19.8. The van der Waals surface area contributed by atoms with E-state index < -0.39 is 36.3 Å². The van der Waals surface area contributed by atoms with Crippen LogP contribution in [0.3, 0.4) is 0 Å². The molecule has 2 aliphatic rings. The number of nitriles is 1. The van der Waals surface area contributed by atoms with Gasteiger partial charge in [-0.05, 0) is 47.6 Å². The summed E-state index contributed by atoms with van der Waals surface area (Å²) in [5.74, 6) is -3.13. The monoisotopic (exact) mass is 432 g/mol. The number of benzene rings is 2. The number of rotatable bonds is 4. The molecule has 7 nitrogen and oxygen atoms in total. The minimum absolute atomic E-state index is 0.191. The first-order valence-corrected chi connectivity index (χ1v) is 10.1. The summed E-state index contributed by atoms with van der Waals surface area (Å²) in [6, 6.07) is 14.5. The second kappa shape index (κ2) is 7.61. The van der Waals surface area contributed by atoms with E-state index in [2.05, 4.69) is 10.4 Å². The van der Waals surface area contributed by atoms with Gasteiger partial charge in [0, 0.05) is 16.8 Å². The average Bonchev–Trinajstić information content (AvgIpc) is 3.53. The van der Waals surface area contributed by atoms with E-state index in [1.807, 2.05) is 36.4 Å². The molecule has 8 heteroatoms. The second-order valence-corrected chi connectivity index (χ2v) is 8.03. The van der Waals surface area contributed by atoms with Crippen LogP contribution < -0.4 is 10.2 Å². The van der Waals surface area contributed by atoms with E-state index in [4.69, 9.17) is 4.11 Å². The largest absolute Gasteiger partial charge is 0.338 e. The molecule has 2 heterocycles. The zero-order valence-corrected chi connectivity index (χ0v) is 16.8. The van der Waals surface area contributed by atoms with Crippen LogP contribution in [0.15, 0.2) is 54.7 Å². The van der Waals surface area contributed by atoms with Gasteiger partial charge in [-0.25, -0.2) is 4.39 Å². The second-order valence-electron chi connectivity index (χ2n) is 8.03. The van der Waals surface area contributed by atoms with Gasteiger partial charge in [0.2, 0.25) is 5.91 Å². The Morgan fingerprint density at radius 1 is 1.34 bits per heavy atom. The number of carbonyl (C=O) groups is 2. The number of carbonyl (C=O) groups excluding carboxylic acids is 2. The van der Waals surface area contributed by atoms with E-state index in [1.165, 1.54) is 16.8 Å². The molecule has 0 spiro atoms. The first kappa shape index (κ1) is 16.7. The lowest BCUT2D eigenvalue weighted by Gasteiger charge is -2.23. The lowest BCUT2D eigenvalue weighted by molar-refractivity contribution is -0.120. The van der Waals surface area contributed by atoms with Gasteiger partial charge in [0.25, 0.3) is 5.91 Å². The lowest BCUT2D eigenvalue weighted by atomic mass is 10.0. The smallest absolute Gasteiger partial charge is 0.275 e. The Hall–Kier alpha value is -3.99. The number of nitrogens with one attached hydrogen (secondary N) is 1. The molecule has 0 saturated heterocycles. The van der Waals surface area contributed by atoms with Crippen LogP contribution in [0.25, 0.3) is 0 Å². The molecule has 1 fully saturated rings. The van der Waals surface area contributed by atoms with Crippen LogP contribution in [0.1, 0.15) is 43.6 Å². The van der Waals surface area contributed by atoms with Crippen LogP contribution in [0.4, 0.5) is 10.1 Å². The van der Waals surface area contributed by atoms with E-state index in [0.29, 0.717) is 22.4 Å². The third kappa shape index (κ3) is 3.42. The van der Waals surface area contributed by atoms with Crippen molar-refractivity contribution < 1.29 is 18.1 Å². The van der Waals surface area contributed by atoms with Gasteiger partial charge < -0.3 is 10.2 Å². The highest BCUT2D eigenvalue weighted by atomic mass is 19.1. The first-order valence-electron chi connectivity index (χ1n) is 11.6. The van der Waals surface area contributed by atoms with Gasteiger partial charge in [-0.1, -0.05) is 30.3 Å². The zero-order chi connectivity index (χ0) is 24.9. The van der Waals surface area contributed by atoms with Gasteiger partial charge in [0.15, 0.2) is 11.5 Å². The minimum Gasteiger partial charge on any atom is -0.338 e. The predicted molar refractivity (Wildman–Crippen MR) is 114 cm³/mol. The lowest BCUT2D eigenvalue weighted by Crippen LogP contribution is -2.48. The molecule has 32 heavy (non-hydrogen) atoms. The number of anilines is 1. The Labute approximate surface area is 188 Å². The third-order valence-electron chi connectivity index (χ3n) is 5.96. The number of hydrogen-bond acceptors (Lipinski definition) is 4. The topological polar surface area (TPSA) is 91.0 Å². The van der Waals surface area contributed by atoms with Gasteiger partial charge in [-0.15, -0.1) is 0 Å². The molecule has 3 aromatic rings. The molecule has 160 valence electrons. The van der Waals surface area contributed by atoms with Crippen LogP contribution >= 0.6 is 0 Å². The summed E-state index contributed by atoms with van der Waals surface area (Å²) in [7, 11) is 0. The van der Waals surface area contributed by atoms with Crippen molar-refractivity contribution in [2.45, 2.75) is 24.9 Å². The van der Waals surface area contributed by atoms with Gasteiger partial charge in [0.1, 0.15) is 6.04 Å². The number of amides is 2. The van der Waals surface area contributed by atoms with E-state index >= 15 is 0 Å². The molecule has 1 aromatic heterocycles. The van der Waals surface area contributed by atoms with Crippen LogP contribution in [-0.4, -0.2) is 34.6 Å². The summed E-state index contributed by atoms with van der Waals surface area (Å²) in [5.41, 5.74) is 1.51. The Morgan fingerprint density at radius 3 is 2.91 bits per heavy atom. The first-order chi connectivity index (χ1) is 16.7. The Kier molecular flexibility index (Phi) is 3.96. The van der Waals surface area contributed by atoms with Crippen LogP contribution in [0.2, 0.25) is 0 Å². The molecule has 0 bridgehead atoms. The summed E-state index contributed by atoms with van der Waals surface area (Å²) in [4.78, 5) is 27.1. The number of halogens is 1. The fourth-order valence-corrected chi connectivity index (χ4v) is 4.29. The fraction of sp³-hybridized carbons (Fsp3) is 0.250. The Morgan fingerprint density at radius 2 is 2.16 bits per heavy atom. The van der Waals surface area contributed by atoms with Crippen LogP contribution in [-0.2, 0) is 11.3 Å². The molecule has 5 rings (SSSR count). The summed E-state index contributed by atoms with van der Waals surface area (Å²) < 4.78 is 39.7. The van der Waals surface area contributed by atoms with Crippen LogP contribution in [0, 0.1) is 23.1 Å². The predicted octanol–water partition coefficient (Wildman–Crippen LogP) is 2.82. The molecule has 0 unspecified atom stereocenters. The van der Waals surface area contributed by atoms with Gasteiger partial charge in [-0.3, -0.25) is 14.3 Å². The van der Waals surface area contributed by atoms with Gasteiger partial charge >= 0.3 is 0 Å². The molecule has 1 N–H and O–H groups in total. The number of likely N-dealkylation sites (N-methyl/N-ethyl adjacent to an activating group) is 1. The number of nitrogens with zero attached hydrogens (tertiary/aromatic N) is 4. The van der Waals surface area contributed by atoms with Crippen molar-refractivity contribution in [3.63, 3.8) is 0 Å². The summed E-state index contributed by atoms with van der Waals surface area (Å²) >= 11 is 0. The standard InChI is InChI=1S/C24H20FN5O2/c1-29-20-8-7-15(11-26)9-17(20)16-10-18(16)21(24(29)32)27-23(31)22-19(25)13-30(28-22)12-14-5-3-2-4-6-14/h2-9,13,16,18,21H,10,12H2,1H3,(H,27,31)/t16-,18-,21-/m0/s1/i1D3. The molecule has 2 aromatic carbocycles. The highest BCUT2D eigenvalue weighted by Gasteiger charge is 2.52. The number of fused-ring (bicyclic) bond motifs is 3. The third-order valence-corrected chi connectivity index (χ3v) is 5.96. The SMILES string of the molecule is [2H]C([2H])([2H])N1C(=O)[C@@H](NC(=O)c2nn(Cc3ccccc3)cc2F)[C@H]2C[C@H]2c2cc(C#N)ccc21. The van der Waals surface area contributed by atoms with Gasteiger partial charge in [0.05, 0.1) is 24.4 Å². The van der Waals surface area contributed by atoms with E-state index in [0.717, 1.165) is 11.8 Å². The van der Waals surface area contributed by atoms with Gasteiger partial charge in [-0.2, -0.15) is 10.4 Å². The summed E-state index contributed by atoms with van der Waals surface area (Å²) in [6.45, 7) is -2.57. The van der Waals surface area contributed by atoms with Crippen molar-refractivity contribution in [3.8, 4) is 6.07 Å². The summed E-state index contributed by atoms with van der Waals surface area (Å²) in [5, 5.41) is 15.8. The Bertz CT molecular complexity index is 1370. The normalized spacial score (nSPS) is 23.0. The Balaban J connectivity index is 1.43. The highest BCUT2D eigenvalue weighted by Crippen LogP contribution is 2.54. The maximum Gasteiger partial charge on any atom is 0.275 e. The fourth-order valence-electron chi connectivity index (χ4n) is 4.29. The van der Waals surface area contributed by atoms with E-state index in [9.17, 15) is 19.2 Å². The number of hydrogen-bond donors (Lipinski definition) is 1. The molecule has 2 amide bonds. The van der Waals surface area contributed by atoms with E-state index in [1.54, 1.807) is 6.07 Å². The molecule has 0 radical (unpaired) electrons. The highest BCUT2D eigenvalue weighted by molar-refractivity contribution is 6.03. The summed E-state index contributed by atoms with van der Waals surface area (Å²) in [6.07, 6.45) is 1.63. The van der Waals surface area contributed by atoms with Crippen molar-refractivity contribution in [1.82, 2.24) is 15.1 Å². The maximum atomic E-state index is 14.6. The van der Waals surface area contributed by atoms with Crippen molar-refractivity contribution in [2.75, 3.05) is 11.9 Å². The molecule has 1 aliphatic heterocycles. The quantitative estimate of drug-likeness (QED) is 0.686. The molecule has 3 atom stereocenters. The van der Waals surface area contributed by atoms with Crippen molar-refractivity contribution >= 4 is 17.5 Å². The van der Waals surface area contributed by atoms with Crippen molar-refractivity contribution in [2.24, 2.45) is 5.92 Å². The molecule has 1 saturated carbocycles. The van der Waals surface area contributed by atoms with E-state index in [-0.39, 0.29) is 24.1 Å². The average molecular weight is 432 g/mol. The maximum absolute atomic E-state index is 14.6.